The maximum absolute atomic E-state index is 12.2. The van der Waals surface area contributed by atoms with Crippen molar-refractivity contribution in [2.24, 2.45) is 5.92 Å². The number of amides is 3. The van der Waals surface area contributed by atoms with E-state index in [2.05, 4.69) is 0 Å². The molecule has 1 heterocycles. The van der Waals surface area contributed by atoms with Gasteiger partial charge in [-0.3, -0.25) is 9.59 Å². The predicted octanol–water partition coefficient (Wildman–Crippen LogP) is 0.703. The van der Waals surface area contributed by atoms with Crippen LogP contribution < -0.4 is 0 Å². The van der Waals surface area contributed by atoms with Gasteiger partial charge in [-0.15, -0.1) is 0 Å². The summed E-state index contributed by atoms with van der Waals surface area (Å²) in [5, 5.41) is 8.78. The van der Waals surface area contributed by atoms with E-state index in [1.807, 2.05) is 13.8 Å². The number of carboxylic acids is 1. The normalized spacial score (nSPS) is 17.7. The van der Waals surface area contributed by atoms with Crippen molar-refractivity contribution >= 4 is 17.9 Å². The van der Waals surface area contributed by atoms with Crippen LogP contribution in [0.25, 0.3) is 0 Å². The van der Waals surface area contributed by atoms with Crippen molar-refractivity contribution in [3.63, 3.8) is 0 Å². The molecule has 21 heavy (non-hydrogen) atoms. The molecule has 7 nitrogen and oxygen atoms in total. The van der Waals surface area contributed by atoms with Gasteiger partial charge in [0, 0.05) is 39.6 Å². The van der Waals surface area contributed by atoms with Crippen LogP contribution in [0.4, 0.5) is 4.79 Å². The molecule has 1 aliphatic heterocycles. The third-order valence-electron chi connectivity index (χ3n) is 3.83. The molecule has 0 aromatic heterocycles. The molecular weight excluding hydrogens is 274 g/mol. The van der Waals surface area contributed by atoms with Gasteiger partial charge in [-0.05, 0) is 26.2 Å². The average molecular weight is 299 g/mol. The topological polar surface area (TPSA) is 81.2 Å². The molecule has 1 aliphatic rings. The summed E-state index contributed by atoms with van der Waals surface area (Å²) in [6, 6.07) is -0.205. The van der Waals surface area contributed by atoms with Crippen LogP contribution in [0.1, 0.15) is 26.7 Å². The Morgan fingerprint density at radius 2 is 1.86 bits per heavy atom. The van der Waals surface area contributed by atoms with Crippen LogP contribution in [0.15, 0.2) is 0 Å². The fraction of sp³-hybridized carbons (Fsp3) is 0.786. The van der Waals surface area contributed by atoms with Crippen LogP contribution in [0.2, 0.25) is 0 Å². The predicted molar refractivity (Wildman–Crippen MR) is 77.9 cm³/mol. The van der Waals surface area contributed by atoms with Gasteiger partial charge < -0.3 is 19.8 Å². The fourth-order valence-corrected chi connectivity index (χ4v) is 2.61. The summed E-state index contributed by atoms with van der Waals surface area (Å²) < 4.78 is 0. The monoisotopic (exact) mass is 299 g/mol. The third kappa shape index (κ3) is 4.91. The van der Waals surface area contributed by atoms with E-state index in [4.69, 9.17) is 5.11 Å². The smallest absolute Gasteiger partial charge is 0.320 e. The summed E-state index contributed by atoms with van der Waals surface area (Å²) in [5.41, 5.74) is 0. The number of likely N-dealkylation sites (tertiary alicyclic amines) is 1. The minimum Gasteiger partial charge on any atom is -0.481 e. The van der Waals surface area contributed by atoms with Crippen LogP contribution in [0.3, 0.4) is 0 Å². The Bertz CT molecular complexity index is 396. The number of carbonyl (C=O) groups excluding carboxylic acids is 2. The number of carbonyl (C=O) groups is 3. The molecule has 3 amide bonds. The maximum atomic E-state index is 12.2. The molecule has 1 fully saturated rings. The summed E-state index contributed by atoms with van der Waals surface area (Å²) in [6.45, 7) is 6.13. The molecule has 1 rings (SSSR count). The lowest BCUT2D eigenvalue weighted by molar-refractivity contribution is -0.138. The first kappa shape index (κ1) is 17.3. The van der Waals surface area contributed by atoms with E-state index >= 15 is 0 Å². The maximum Gasteiger partial charge on any atom is 0.320 e. The van der Waals surface area contributed by atoms with Gasteiger partial charge in [-0.25, -0.2) is 4.79 Å². The van der Waals surface area contributed by atoms with Gasteiger partial charge in [0.2, 0.25) is 5.91 Å². The Morgan fingerprint density at radius 1 is 1.24 bits per heavy atom. The first-order chi connectivity index (χ1) is 9.88. The Labute approximate surface area is 125 Å². The highest BCUT2D eigenvalue weighted by Gasteiger charge is 2.30. The van der Waals surface area contributed by atoms with Crippen LogP contribution >= 0.6 is 0 Å². The molecule has 1 saturated heterocycles. The second-order valence-corrected chi connectivity index (χ2v) is 5.40. The van der Waals surface area contributed by atoms with E-state index < -0.39 is 5.97 Å². The van der Waals surface area contributed by atoms with E-state index in [9.17, 15) is 14.4 Å². The Kier molecular flexibility index (Phi) is 6.45. The number of carboxylic acid groups (broad SMARTS) is 1. The van der Waals surface area contributed by atoms with Gasteiger partial charge in [0.1, 0.15) is 6.54 Å². The van der Waals surface area contributed by atoms with Crippen molar-refractivity contribution in [2.75, 3.05) is 39.8 Å². The number of likely N-dealkylation sites (N-methyl/N-ethyl adjacent to an activating group) is 2. The number of hydrogen-bond donors (Lipinski definition) is 1. The number of nitrogens with zero attached hydrogens (tertiary/aromatic N) is 3. The van der Waals surface area contributed by atoms with Crippen LogP contribution in [-0.4, -0.2) is 77.5 Å². The van der Waals surface area contributed by atoms with Gasteiger partial charge in [0.15, 0.2) is 0 Å². The molecule has 0 bridgehead atoms. The Hall–Kier alpha value is -1.79. The lowest BCUT2D eigenvalue weighted by atomic mass is 10.1. The molecule has 7 heteroatoms. The lowest BCUT2D eigenvalue weighted by Gasteiger charge is -2.27. The summed E-state index contributed by atoms with van der Waals surface area (Å²) >= 11 is 0. The SMILES string of the molecule is CCN(CC)C(=O)CN(C)C(=O)N1CCC(CC(=O)O)C1. The first-order valence-electron chi connectivity index (χ1n) is 7.38. The van der Waals surface area contributed by atoms with Crippen LogP contribution in [-0.2, 0) is 9.59 Å². The first-order valence-corrected chi connectivity index (χ1v) is 7.38. The molecule has 0 aromatic carbocycles. The lowest BCUT2D eigenvalue weighted by Crippen LogP contribution is -2.45. The number of hydrogen-bond acceptors (Lipinski definition) is 3. The summed E-state index contributed by atoms with van der Waals surface area (Å²) in [4.78, 5) is 39.6. The summed E-state index contributed by atoms with van der Waals surface area (Å²) in [5.74, 6) is -0.894. The van der Waals surface area contributed by atoms with Gasteiger partial charge in [-0.1, -0.05) is 0 Å². The zero-order valence-electron chi connectivity index (χ0n) is 13.0. The van der Waals surface area contributed by atoms with Crippen LogP contribution in [0.5, 0.6) is 0 Å². The van der Waals surface area contributed by atoms with Crippen LogP contribution in [0, 0.1) is 5.92 Å². The highest BCUT2D eigenvalue weighted by atomic mass is 16.4. The number of rotatable bonds is 6. The molecule has 120 valence electrons. The number of urea groups is 1. The van der Waals surface area contributed by atoms with Gasteiger partial charge >= 0.3 is 12.0 Å². The highest BCUT2D eigenvalue weighted by molar-refractivity contribution is 5.84. The second kappa shape index (κ2) is 7.85. The molecular formula is C14H25N3O4. The summed E-state index contributed by atoms with van der Waals surface area (Å²) in [6.07, 6.45) is 0.793. The fourth-order valence-electron chi connectivity index (χ4n) is 2.61. The van der Waals surface area contributed by atoms with Crippen molar-refractivity contribution in [2.45, 2.75) is 26.7 Å². The molecule has 0 spiro atoms. The highest BCUT2D eigenvalue weighted by Crippen LogP contribution is 2.20. The molecule has 0 aliphatic carbocycles. The van der Waals surface area contributed by atoms with Gasteiger partial charge in [-0.2, -0.15) is 0 Å². The minimum atomic E-state index is -0.834. The molecule has 0 aromatic rings. The van der Waals surface area contributed by atoms with E-state index in [-0.39, 0.29) is 30.8 Å². The largest absolute Gasteiger partial charge is 0.481 e. The van der Waals surface area contributed by atoms with Gasteiger partial charge in [0.25, 0.3) is 0 Å². The zero-order chi connectivity index (χ0) is 16.0. The molecule has 0 radical (unpaired) electrons. The minimum absolute atomic E-state index is 0.0123. The quantitative estimate of drug-likeness (QED) is 0.783. The van der Waals surface area contributed by atoms with E-state index in [1.54, 1.807) is 16.8 Å². The Balaban J connectivity index is 2.48. The van der Waals surface area contributed by atoms with Crippen molar-refractivity contribution in [3.8, 4) is 0 Å². The molecule has 1 unspecified atom stereocenters. The van der Waals surface area contributed by atoms with E-state index in [1.165, 1.54) is 4.90 Å². The average Bonchev–Trinajstić information content (AvgIpc) is 2.86. The molecule has 1 atom stereocenters. The number of aliphatic carboxylic acids is 1. The molecule has 0 saturated carbocycles. The van der Waals surface area contributed by atoms with Crippen molar-refractivity contribution < 1.29 is 19.5 Å². The van der Waals surface area contributed by atoms with Gasteiger partial charge in [0.05, 0.1) is 0 Å². The second-order valence-electron chi connectivity index (χ2n) is 5.40. The summed E-state index contributed by atoms with van der Waals surface area (Å²) in [7, 11) is 1.61. The van der Waals surface area contributed by atoms with Crippen molar-refractivity contribution in [1.29, 1.82) is 0 Å². The standard InChI is InChI=1S/C14H25N3O4/c1-4-16(5-2)12(18)10-15(3)14(21)17-7-6-11(9-17)8-13(19)20/h11H,4-10H2,1-3H3,(H,19,20). The van der Waals surface area contributed by atoms with E-state index in [0.717, 1.165) is 0 Å². The van der Waals surface area contributed by atoms with E-state index in [0.29, 0.717) is 32.6 Å². The Morgan fingerprint density at radius 3 is 2.38 bits per heavy atom. The van der Waals surface area contributed by atoms with Crippen molar-refractivity contribution in [1.82, 2.24) is 14.7 Å². The zero-order valence-corrected chi connectivity index (χ0v) is 13.0. The molecule has 1 N–H and O–H groups in total. The third-order valence-corrected chi connectivity index (χ3v) is 3.83. The van der Waals surface area contributed by atoms with Crippen molar-refractivity contribution in [3.05, 3.63) is 0 Å².